The highest BCUT2D eigenvalue weighted by Crippen LogP contribution is 2.35. The van der Waals surface area contributed by atoms with Gasteiger partial charge in [0, 0.05) is 6.54 Å². The van der Waals surface area contributed by atoms with Crippen LogP contribution in [0.1, 0.15) is 17.5 Å². The summed E-state index contributed by atoms with van der Waals surface area (Å²) in [5, 5.41) is 22.1. The molecule has 0 saturated carbocycles. The molecule has 0 radical (unpaired) electrons. The SMILES string of the molecule is Nc1nc(NCc2ccccc2)c2nc([C@@H]3O[C@H](CO)[C@@H](O)[C@H]3F)[nH]c2n1. The Morgan fingerprint density at radius 3 is 2.70 bits per heavy atom. The van der Waals surface area contributed by atoms with Crippen LogP contribution in [-0.4, -0.2) is 55.1 Å². The number of benzene rings is 1. The van der Waals surface area contributed by atoms with Crippen LogP contribution in [0.5, 0.6) is 0 Å². The van der Waals surface area contributed by atoms with Gasteiger partial charge in [-0.25, -0.2) is 9.37 Å². The Bertz CT molecular complexity index is 937. The molecular weight excluding hydrogens is 355 g/mol. The van der Waals surface area contributed by atoms with Gasteiger partial charge in [-0.15, -0.1) is 0 Å². The summed E-state index contributed by atoms with van der Waals surface area (Å²) in [6.07, 6.45) is -5.31. The second-order valence-corrected chi connectivity index (χ2v) is 6.30. The van der Waals surface area contributed by atoms with E-state index in [0.29, 0.717) is 23.5 Å². The van der Waals surface area contributed by atoms with Crippen LogP contribution in [0.2, 0.25) is 0 Å². The maximum atomic E-state index is 14.4. The van der Waals surface area contributed by atoms with Crippen molar-refractivity contribution in [1.82, 2.24) is 19.9 Å². The molecule has 1 aliphatic heterocycles. The lowest BCUT2D eigenvalue weighted by atomic mass is 10.1. The molecule has 1 saturated heterocycles. The molecule has 0 spiro atoms. The summed E-state index contributed by atoms with van der Waals surface area (Å²) in [4.78, 5) is 15.5. The normalized spacial score (nSPS) is 25.1. The highest BCUT2D eigenvalue weighted by Gasteiger charge is 2.46. The number of nitrogen functional groups attached to an aromatic ring is 1. The zero-order chi connectivity index (χ0) is 19.0. The van der Waals surface area contributed by atoms with Crippen LogP contribution in [0.3, 0.4) is 0 Å². The lowest BCUT2D eigenvalue weighted by Crippen LogP contribution is -2.30. The maximum absolute atomic E-state index is 14.4. The molecule has 1 fully saturated rings. The van der Waals surface area contributed by atoms with Crippen molar-refractivity contribution in [3.63, 3.8) is 0 Å². The number of aromatic amines is 1. The Kier molecular flexibility index (Phi) is 4.60. The molecule has 9 nitrogen and oxygen atoms in total. The van der Waals surface area contributed by atoms with Crippen LogP contribution in [0.25, 0.3) is 11.2 Å². The molecule has 1 aliphatic rings. The highest BCUT2D eigenvalue weighted by atomic mass is 19.1. The Morgan fingerprint density at radius 2 is 2.00 bits per heavy atom. The quantitative estimate of drug-likeness (QED) is 0.439. The predicted octanol–water partition coefficient (Wildman–Crippen LogP) is 0.678. The van der Waals surface area contributed by atoms with E-state index in [0.717, 1.165) is 5.56 Å². The van der Waals surface area contributed by atoms with Gasteiger partial charge >= 0.3 is 0 Å². The number of ether oxygens (including phenoxy) is 1. The number of anilines is 2. The van der Waals surface area contributed by atoms with Crippen molar-refractivity contribution < 1.29 is 19.3 Å². The van der Waals surface area contributed by atoms with Crippen LogP contribution >= 0.6 is 0 Å². The van der Waals surface area contributed by atoms with E-state index in [-0.39, 0.29) is 11.8 Å². The molecule has 27 heavy (non-hydrogen) atoms. The minimum absolute atomic E-state index is 0.0330. The van der Waals surface area contributed by atoms with Crippen molar-refractivity contribution >= 4 is 22.9 Å². The molecule has 3 heterocycles. The number of aromatic nitrogens is 4. The topological polar surface area (TPSA) is 142 Å². The van der Waals surface area contributed by atoms with Crippen molar-refractivity contribution in [2.24, 2.45) is 0 Å². The van der Waals surface area contributed by atoms with Gasteiger partial charge in [0.25, 0.3) is 0 Å². The molecule has 0 amide bonds. The van der Waals surface area contributed by atoms with E-state index < -0.39 is 31.1 Å². The Balaban J connectivity index is 1.64. The van der Waals surface area contributed by atoms with Gasteiger partial charge in [0.05, 0.1) is 6.61 Å². The number of rotatable bonds is 5. The molecule has 6 N–H and O–H groups in total. The standard InChI is InChI=1S/C17H19FN6O3/c18-10-12(26)9(7-25)27-13(10)16-21-11-14(23-17(19)24-15(11)22-16)20-6-8-4-2-1-3-5-8/h1-5,9-10,12-13,25-26H,6-7H2,(H4,19,20,21,22,23,24)/t9-,10-,12-,13-/m1/s1. The largest absolute Gasteiger partial charge is 0.394 e. The maximum Gasteiger partial charge on any atom is 0.224 e. The van der Waals surface area contributed by atoms with Crippen LogP contribution in [0, 0.1) is 0 Å². The van der Waals surface area contributed by atoms with Gasteiger partial charge in [-0.2, -0.15) is 9.97 Å². The van der Waals surface area contributed by atoms with Crippen LogP contribution in [0.15, 0.2) is 30.3 Å². The van der Waals surface area contributed by atoms with E-state index in [1.54, 1.807) is 0 Å². The molecule has 0 unspecified atom stereocenters. The fourth-order valence-electron chi connectivity index (χ4n) is 3.07. The zero-order valence-corrected chi connectivity index (χ0v) is 14.2. The number of nitrogens with zero attached hydrogens (tertiary/aromatic N) is 3. The first-order valence-electron chi connectivity index (χ1n) is 8.46. The third kappa shape index (κ3) is 3.29. The summed E-state index contributed by atoms with van der Waals surface area (Å²) in [6, 6.07) is 9.69. The number of halogens is 1. The molecular formula is C17H19FN6O3. The van der Waals surface area contributed by atoms with Crippen molar-refractivity contribution in [1.29, 1.82) is 0 Å². The first-order valence-corrected chi connectivity index (χ1v) is 8.46. The van der Waals surface area contributed by atoms with Crippen molar-refractivity contribution in [3.05, 3.63) is 41.7 Å². The van der Waals surface area contributed by atoms with Gasteiger partial charge in [-0.1, -0.05) is 30.3 Å². The molecule has 0 bridgehead atoms. The number of hydrogen-bond donors (Lipinski definition) is 5. The number of aliphatic hydroxyl groups is 2. The number of aliphatic hydroxyl groups excluding tert-OH is 2. The lowest BCUT2D eigenvalue weighted by molar-refractivity contribution is -0.0246. The average Bonchev–Trinajstić information content (AvgIpc) is 3.22. The first kappa shape index (κ1) is 17.6. The van der Waals surface area contributed by atoms with E-state index in [9.17, 15) is 14.6 Å². The molecule has 3 aromatic rings. The average molecular weight is 374 g/mol. The van der Waals surface area contributed by atoms with E-state index >= 15 is 0 Å². The minimum atomic E-state index is -1.73. The third-order valence-corrected chi connectivity index (χ3v) is 4.45. The summed E-state index contributed by atoms with van der Waals surface area (Å²) in [7, 11) is 0. The van der Waals surface area contributed by atoms with Gasteiger partial charge in [0.15, 0.2) is 23.2 Å². The fourth-order valence-corrected chi connectivity index (χ4v) is 3.07. The van der Waals surface area contributed by atoms with Gasteiger partial charge < -0.3 is 31.0 Å². The number of fused-ring (bicyclic) bond motifs is 1. The van der Waals surface area contributed by atoms with Gasteiger partial charge in [-0.05, 0) is 5.56 Å². The molecule has 4 rings (SSSR count). The van der Waals surface area contributed by atoms with E-state index in [2.05, 4.69) is 25.3 Å². The fraction of sp³-hybridized carbons (Fsp3) is 0.353. The second-order valence-electron chi connectivity index (χ2n) is 6.30. The predicted molar refractivity (Wildman–Crippen MR) is 95.5 cm³/mol. The molecule has 142 valence electrons. The summed E-state index contributed by atoms with van der Waals surface area (Å²) in [5.41, 5.74) is 7.51. The first-order chi connectivity index (χ1) is 13.1. The van der Waals surface area contributed by atoms with Crippen molar-refractivity contribution in [2.75, 3.05) is 17.7 Å². The number of nitrogens with two attached hydrogens (primary N) is 1. The van der Waals surface area contributed by atoms with Crippen LogP contribution in [0.4, 0.5) is 16.2 Å². The Morgan fingerprint density at radius 1 is 1.22 bits per heavy atom. The highest BCUT2D eigenvalue weighted by molar-refractivity contribution is 5.84. The van der Waals surface area contributed by atoms with Crippen molar-refractivity contribution in [2.45, 2.75) is 31.0 Å². The summed E-state index contributed by atoms with van der Waals surface area (Å²) < 4.78 is 19.7. The summed E-state index contributed by atoms with van der Waals surface area (Å²) >= 11 is 0. The summed E-state index contributed by atoms with van der Waals surface area (Å²) in [5.74, 6) is 0.581. The number of H-pyrrole nitrogens is 1. The van der Waals surface area contributed by atoms with Crippen LogP contribution < -0.4 is 11.1 Å². The van der Waals surface area contributed by atoms with Gasteiger partial charge in [0.2, 0.25) is 5.95 Å². The number of alkyl halides is 1. The summed E-state index contributed by atoms with van der Waals surface area (Å²) in [6.45, 7) is 0.000498. The van der Waals surface area contributed by atoms with Crippen molar-refractivity contribution in [3.8, 4) is 0 Å². The van der Waals surface area contributed by atoms with Gasteiger partial charge in [0.1, 0.15) is 24.1 Å². The molecule has 4 atom stereocenters. The van der Waals surface area contributed by atoms with E-state index in [1.807, 2.05) is 30.3 Å². The van der Waals surface area contributed by atoms with Crippen LogP contribution in [-0.2, 0) is 11.3 Å². The Hall–Kier alpha value is -2.82. The third-order valence-electron chi connectivity index (χ3n) is 4.45. The second kappa shape index (κ2) is 7.06. The molecule has 1 aromatic carbocycles. The number of hydrogen-bond acceptors (Lipinski definition) is 8. The smallest absolute Gasteiger partial charge is 0.224 e. The molecule has 10 heteroatoms. The molecule has 2 aromatic heterocycles. The lowest BCUT2D eigenvalue weighted by Gasteiger charge is -2.09. The Labute approximate surface area is 153 Å². The number of nitrogens with one attached hydrogen (secondary N) is 2. The van der Waals surface area contributed by atoms with Gasteiger partial charge in [-0.3, -0.25) is 0 Å². The van der Waals surface area contributed by atoms with E-state index in [4.69, 9.17) is 10.5 Å². The van der Waals surface area contributed by atoms with E-state index in [1.165, 1.54) is 0 Å². The monoisotopic (exact) mass is 374 g/mol. The zero-order valence-electron chi connectivity index (χ0n) is 14.2. The minimum Gasteiger partial charge on any atom is -0.394 e. The number of imidazole rings is 1. The molecule has 0 aliphatic carbocycles.